The highest BCUT2D eigenvalue weighted by Crippen LogP contribution is 2.17. The van der Waals surface area contributed by atoms with E-state index in [1.54, 1.807) is 6.92 Å². The van der Waals surface area contributed by atoms with Crippen LogP contribution in [0, 0.1) is 12.1 Å². The SMILES string of the molecule is Cc1cc(C=O)c(F)s1. The Hall–Kier alpha value is -0.700. The van der Waals surface area contributed by atoms with Crippen molar-refractivity contribution < 1.29 is 9.18 Å². The lowest BCUT2D eigenvalue weighted by atomic mass is 10.3. The van der Waals surface area contributed by atoms with Gasteiger partial charge in [0.25, 0.3) is 0 Å². The largest absolute Gasteiger partial charge is 0.298 e. The number of aryl methyl sites for hydroxylation is 1. The molecule has 1 heterocycles. The number of aldehydes is 1. The third-order valence-corrected chi connectivity index (χ3v) is 1.82. The van der Waals surface area contributed by atoms with Gasteiger partial charge < -0.3 is 0 Å². The Morgan fingerprint density at radius 1 is 1.78 bits per heavy atom. The fraction of sp³-hybridized carbons (Fsp3) is 0.167. The number of halogens is 1. The average molecular weight is 144 g/mol. The van der Waals surface area contributed by atoms with Crippen molar-refractivity contribution in [3.8, 4) is 0 Å². The van der Waals surface area contributed by atoms with Gasteiger partial charge in [0.1, 0.15) is 0 Å². The van der Waals surface area contributed by atoms with Gasteiger partial charge in [-0.2, -0.15) is 4.39 Å². The van der Waals surface area contributed by atoms with Crippen molar-refractivity contribution in [3.05, 3.63) is 21.6 Å². The first kappa shape index (κ1) is 6.42. The zero-order valence-corrected chi connectivity index (χ0v) is 5.67. The molecule has 0 saturated carbocycles. The maximum Gasteiger partial charge on any atom is 0.187 e. The standard InChI is InChI=1S/C6H5FOS/c1-4-2-5(3-8)6(7)9-4/h2-3H,1H3. The first-order valence-corrected chi connectivity index (χ1v) is 3.27. The minimum atomic E-state index is -0.387. The second-order valence-corrected chi connectivity index (χ2v) is 2.91. The van der Waals surface area contributed by atoms with Crippen molar-refractivity contribution >= 4 is 17.6 Å². The number of hydrogen-bond donors (Lipinski definition) is 0. The van der Waals surface area contributed by atoms with Crippen molar-refractivity contribution in [2.24, 2.45) is 0 Å². The molecular weight excluding hydrogens is 139 g/mol. The molecular formula is C6H5FOS. The van der Waals surface area contributed by atoms with Gasteiger partial charge in [-0.25, -0.2) is 0 Å². The molecule has 1 aromatic heterocycles. The molecule has 0 aliphatic heterocycles. The van der Waals surface area contributed by atoms with E-state index in [2.05, 4.69) is 0 Å². The van der Waals surface area contributed by atoms with Crippen LogP contribution in [0.1, 0.15) is 15.2 Å². The highest BCUT2D eigenvalue weighted by molar-refractivity contribution is 7.10. The van der Waals surface area contributed by atoms with E-state index in [1.807, 2.05) is 0 Å². The number of carbonyl (C=O) groups excluding carboxylic acids is 1. The predicted octanol–water partition coefficient (Wildman–Crippen LogP) is 2.01. The second-order valence-electron chi connectivity index (χ2n) is 1.70. The monoisotopic (exact) mass is 144 g/mol. The number of thiophene rings is 1. The minimum Gasteiger partial charge on any atom is -0.298 e. The zero-order valence-electron chi connectivity index (χ0n) is 4.85. The molecule has 1 nitrogen and oxygen atoms in total. The predicted molar refractivity (Wildman–Crippen MR) is 34.4 cm³/mol. The molecule has 0 radical (unpaired) electrons. The van der Waals surface area contributed by atoms with Crippen LogP contribution in [0.25, 0.3) is 0 Å². The van der Waals surface area contributed by atoms with E-state index >= 15 is 0 Å². The Balaban J connectivity index is 3.15. The normalized spacial score (nSPS) is 9.56. The van der Waals surface area contributed by atoms with Crippen LogP contribution in [0.2, 0.25) is 0 Å². The minimum absolute atomic E-state index is 0.164. The van der Waals surface area contributed by atoms with Gasteiger partial charge in [-0.15, -0.1) is 11.3 Å². The van der Waals surface area contributed by atoms with Gasteiger partial charge in [0.2, 0.25) is 0 Å². The summed E-state index contributed by atoms with van der Waals surface area (Å²) in [7, 11) is 0. The van der Waals surface area contributed by atoms with E-state index in [0.29, 0.717) is 6.29 Å². The molecule has 1 aromatic rings. The molecule has 48 valence electrons. The molecule has 3 heteroatoms. The fourth-order valence-electron chi connectivity index (χ4n) is 0.586. The maximum atomic E-state index is 12.4. The first-order chi connectivity index (χ1) is 4.24. The molecule has 0 atom stereocenters. The number of hydrogen-bond acceptors (Lipinski definition) is 2. The van der Waals surface area contributed by atoms with Crippen molar-refractivity contribution in [2.45, 2.75) is 6.92 Å². The van der Waals surface area contributed by atoms with Gasteiger partial charge in [0, 0.05) is 4.88 Å². The van der Waals surface area contributed by atoms with Crippen LogP contribution in [-0.2, 0) is 0 Å². The third-order valence-electron chi connectivity index (χ3n) is 0.963. The maximum absolute atomic E-state index is 12.4. The summed E-state index contributed by atoms with van der Waals surface area (Å²) < 4.78 is 12.4. The molecule has 0 N–H and O–H groups in total. The van der Waals surface area contributed by atoms with E-state index in [0.717, 1.165) is 16.2 Å². The Bertz CT molecular complexity index is 229. The van der Waals surface area contributed by atoms with Gasteiger partial charge >= 0.3 is 0 Å². The van der Waals surface area contributed by atoms with Gasteiger partial charge in [0.05, 0.1) is 5.56 Å². The number of rotatable bonds is 1. The first-order valence-electron chi connectivity index (χ1n) is 2.45. The quantitative estimate of drug-likeness (QED) is 0.551. The Labute approximate surface area is 56.1 Å². The van der Waals surface area contributed by atoms with E-state index in [4.69, 9.17) is 0 Å². The van der Waals surface area contributed by atoms with E-state index in [9.17, 15) is 9.18 Å². The molecule has 0 fully saturated rings. The van der Waals surface area contributed by atoms with Crippen LogP contribution in [0.3, 0.4) is 0 Å². The summed E-state index contributed by atoms with van der Waals surface area (Å²) in [6, 6.07) is 1.53. The average Bonchev–Trinajstić information content (AvgIpc) is 2.10. The van der Waals surface area contributed by atoms with Gasteiger partial charge in [-0.3, -0.25) is 4.79 Å². The van der Waals surface area contributed by atoms with E-state index < -0.39 is 0 Å². The zero-order chi connectivity index (χ0) is 6.85. The van der Waals surface area contributed by atoms with E-state index in [1.165, 1.54) is 6.07 Å². The van der Waals surface area contributed by atoms with Crippen LogP contribution in [0.15, 0.2) is 6.07 Å². The van der Waals surface area contributed by atoms with Crippen molar-refractivity contribution in [1.29, 1.82) is 0 Å². The second kappa shape index (κ2) is 2.27. The van der Waals surface area contributed by atoms with Gasteiger partial charge in [-0.1, -0.05) is 0 Å². The molecule has 0 unspecified atom stereocenters. The molecule has 0 aliphatic carbocycles. The summed E-state index contributed by atoms with van der Waals surface area (Å²) in [5.74, 6) is 0. The molecule has 0 saturated heterocycles. The summed E-state index contributed by atoms with van der Waals surface area (Å²) in [6.45, 7) is 1.76. The third kappa shape index (κ3) is 1.16. The fourth-order valence-corrected chi connectivity index (χ4v) is 1.28. The van der Waals surface area contributed by atoms with Gasteiger partial charge in [0.15, 0.2) is 11.4 Å². The van der Waals surface area contributed by atoms with Crippen LogP contribution < -0.4 is 0 Å². The molecule has 0 spiro atoms. The molecule has 0 amide bonds. The Kier molecular flexibility index (Phi) is 1.62. The molecule has 9 heavy (non-hydrogen) atoms. The molecule has 1 rings (SSSR count). The lowest BCUT2D eigenvalue weighted by Gasteiger charge is -1.74. The smallest absolute Gasteiger partial charge is 0.187 e. The van der Waals surface area contributed by atoms with Crippen LogP contribution in [-0.4, -0.2) is 6.29 Å². The summed E-state index contributed by atoms with van der Waals surface area (Å²) in [4.78, 5) is 10.8. The molecule has 0 aliphatic rings. The summed E-state index contributed by atoms with van der Waals surface area (Å²) in [6.07, 6.45) is 0.527. The van der Waals surface area contributed by atoms with Crippen molar-refractivity contribution in [1.82, 2.24) is 0 Å². The summed E-state index contributed by atoms with van der Waals surface area (Å²) in [5.41, 5.74) is 0.164. The highest BCUT2D eigenvalue weighted by Gasteiger charge is 2.02. The molecule has 0 aromatic carbocycles. The summed E-state index contributed by atoms with van der Waals surface area (Å²) >= 11 is 0.996. The Morgan fingerprint density at radius 2 is 2.44 bits per heavy atom. The van der Waals surface area contributed by atoms with Crippen LogP contribution in [0.5, 0.6) is 0 Å². The Morgan fingerprint density at radius 3 is 2.67 bits per heavy atom. The van der Waals surface area contributed by atoms with E-state index in [-0.39, 0.29) is 10.7 Å². The molecule has 0 bridgehead atoms. The topological polar surface area (TPSA) is 17.1 Å². The van der Waals surface area contributed by atoms with Crippen molar-refractivity contribution in [2.75, 3.05) is 0 Å². The summed E-state index contributed by atoms with van der Waals surface area (Å²) in [5, 5.41) is -0.387. The van der Waals surface area contributed by atoms with Crippen molar-refractivity contribution in [3.63, 3.8) is 0 Å². The lowest BCUT2D eigenvalue weighted by molar-refractivity contribution is 0.112. The lowest BCUT2D eigenvalue weighted by Crippen LogP contribution is -1.74. The number of carbonyl (C=O) groups is 1. The highest BCUT2D eigenvalue weighted by atomic mass is 32.1. The van der Waals surface area contributed by atoms with Gasteiger partial charge in [-0.05, 0) is 13.0 Å². The van der Waals surface area contributed by atoms with Crippen LogP contribution in [0.4, 0.5) is 4.39 Å². The van der Waals surface area contributed by atoms with Crippen LogP contribution >= 0.6 is 11.3 Å².